The van der Waals surface area contributed by atoms with E-state index in [4.69, 9.17) is 5.73 Å². The summed E-state index contributed by atoms with van der Waals surface area (Å²) in [5.74, 6) is -2.07. The number of carbonyl (C=O) groups excluding carboxylic acids is 1. The van der Waals surface area contributed by atoms with E-state index in [2.05, 4.69) is 5.32 Å². The highest BCUT2D eigenvalue weighted by Crippen LogP contribution is 2.40. The van der Waals surface area contributed by atoms with Crippen molar-refractivity contribution in [2.24, 2.45) is 17.6 Å². The van der Waals surface area contributed by atoms with Gasteiger partial charge in [-0.25, -0.2) is 0 Å². The van der Waals surface area contributed by atoms with Crippen molar-refractivity contribution in [3.8, 4) is 0 Å². The van der Waals surface area contributed by atoms with Gasteiger partial charge in [-0.3, -0.25) is 4.79 Å². The molecule has 3 N–H and O–H groups in total. The van der Waals surface area contributed by atoms with Crippen LogP contribution in [0.15, 0.2) is 0 Å². The summed E-state index contributed by atoms with van der Waals surface area (Å²) < 4.78 is 38.3. The van der Waals surface area contributed by atoms with Gasteiger partial charge >= 0.3 is 6.18 Å². The third kappa shape index (κ3) is 3.45. The number of hydrogen-bond acceptors (Lipinski definition) is 2. The lowest BCUT2D eigenvalue weighted by Crippen LogP contribution is -2.54. The molecule has 2 aliphatic rings. The van der Waals surface area contributed by atoms with E-state index in [-0.39, 0.29) is 24.3 Å². The lowest BCUT2D eigenvalue weighted by Gasteiger charge is -2.34. The molecule has 116 valence electrons. The van der Waals surface area contributed by atoms with Crippen molar-refractivity contribution in [3.63, 3.8) is 0 Å². The largest absolute Gasteiger partial charge is 0.391 e. The SMILES string of the molecule is NCC1(NC(=O)C2CCCC(C(F)(F)F)C2)CCCC1. The molecule has 1 amide bonds. The first-order valence-electron chi connectivity index (χ1n) is 7.45. The third-order valence-corrected chi connectivity index (χ3v) is 4.85. The maximum absolute atomic E-state index is 12.8. The Morgan fingerprint density at radius 3 is 2.40 bits per heavy atom. The predicted molar refractivity (Wildman–Crippen MR) is 69.9 cm³/mol. The van der Waals surface area contributed by atoms with Gasteiger partial charge < -0.3 is 11.1 Å². The summed E-state index contributed by atoms with van der Waals surface area (Å²) in [7, 11) is 0. The third-order valence-electron chi connectivity index (χ3n) is 4.85. The number of carbonyl (C=O) groups is 1. The molecule has 0 aliphatic heterocycles. The fourth-order valence-electron chi connectivity index (χ4n) is 3.52. The first kappa shape index (κ1) is 15.6. The van der Waals surface area contributed by atoms with E-state index in [1.54, 1.807) is 0 Å². The molecule has 0 aromatic carbocycles. The van der Waals surface area contributed by atoms with Crippen LogP contribution >= 0.6 is 0 Å². The van der Waals surface area contributed by atoms with E-state index in [1.807, 2.05) is 0 Å². The van der Waals surface area contributed by atoms with Gasteiger partial charge in [0.1, 0.15) is 0 Å². The molecular formula is C14H23F3N2O. The van der Waals surface area contributed by atoms with Crippen LogP contribution in [-0.4, -0.2) is 24.2 Å². The lowest BCUT2D eigenvalue weighted by atomic mass is 9.80. The molecule has 0 saturated heterocycles. The van der Waals surface area contributed by atoms with Crippen molar-refractivity contribution in [2.75, 3.05) is 6.54 Å². The van der Waals surface area contributed by atoms with Gasteiger partial charge in [0.05, 0.1) is 11.5 Å². The predicted octanol–water partition coefficient (Wildman–Crippen LogP) is 2.74. The molecule has 0 bridgehead atoms. The van der Waals surface area contributed by atoms with Gasteiger partial charge in [-0.2, -0.15) is 13.2 Å². The molecule has 2 atom stereocenters. The standard InChI is InChI=1S/C14H23F3N2O/c15-14(16,17)11-5-3-4-10(8-11)12(20)19-13(9-18)6-1-2-7-13/h10-11H,1-9,18H2,(H,19,20). The van der Waals surface area contributed by atoms with Crippen LogP contribution in [0.25, 0.3) is 0 Å². The molecule has 0 aromatic heterocycles. The summed E-state index contributed by atoms with van der Waals surface area (Å²) in [5, 5.41) is 2.95. The van der Waals surface area contributed by atoms with Crippen LogP contribution in [0.2, 0.25) is 0 Å². The van der Waals surface area contributed by atoms with Crippen molar-refractivity contribution in [2.45, 2.75) is 63.1 Å². The van der Waals surface area contributed by atoms with E-state index in [0.29, 0.717) is 19.4 Å². The fraction of sp³-hybridized carbons (Fsp3) is 0.929. The van der Waals surface area contributed by atoms with E-state index < -0.39 is 18.0 Å². The Kier molecular flexibility index (Phi) is 4.62. The minimum Gasteiger partial charge on any atom is -0.349 e. The van der Waals surface area contributed by atoms with E-state index in [0.717, 1.165) is 25.7 Å². The molecule has 0 spiro atoms. The zero-order chi connectivity index (χ0) is 14.8. The van der Waals surface area contributed by atoms with Gasteiger partial charge in [-0.15, -0.1) is 0 Å². The summed E-state index contributed by atoms with van der Waals surface area (Å²) in [4.78, 5) is 12.3. The molecule has 2 rings (SSSR count). The van der Waals surface area contributed by atoms with Crippen molar-refractivity contribution >= 4 is 5.91 Å². The van der Waals surface area contributed by atoms with Gasteiger partial charge in [-0.1, -0.05) is 19.3 Å². The van der Waals surface area contributed by atoms with Crippen LogP contribution in [0.1, 0.15) is 51.4 Å². The van der Waals surface area contributed by atoms with Gasteiger partial charge in [-0.05, 0) is 32.1 Å². The second-order valence-electron chi connectivity index (χ2n) is 6.28. The van der Waals surface area contributed by atoms with Gasteiger partial charge in [0.25, 0.3) is 0 Å². The van der Waals surface area contributed by atoms with Crippen molar-refractivity contribution in [1.82, 2.24) is 5.32 Å². The number of nitrogens with one attached hydrogen (secondary N) is 1. The zero-order valence-electron chi connectivity index (χ0n) is 11.6. The first-order valence-corrected chi connectivity index (χ1v) is 7.45. The summed E-state index contributed by atoms with van der Waals surface area (Å²) in [6.07, 6.45) is 0.635. The number of amides is 1. The molecule has 0 heterocycles. The summed E-state index contributed by atoms with van der Waals surface area (Å²) >= 11 is 0. The molecule has 2 saturated carbocycles. The zero-order valence-corrected chi connectivity index (χ0v) is 11.6. The fourth-order valence-corrected chi connectivity index (χ4v) is 3.52. The lowest BCUT2D eigenvalue weighted by molar-refractivity contribution is -0.186. The summed E-state index contributed by atoms with van der Waals surface area (Å²) in [6, 6.07) is 0. The van der Waals surface area contributed by atoms with E-state index >= 15 is 0 Å². The Morgan fingerprint density at radius 1 is 1.20 bits per heavy atom. The highest BCUT2D eigenvalue weighted by Gasteiger charge is 2.44. The molecule has 2 aliphatic carbocycles. The number of hydrogen-bond donors (Lipinski definition) is 2. The Bertz CT molecular complexity index is 351. The molecule has 0 aromatic rings. The molecule has 3 nitrogen and oxygen atoms in total. The summed E-state index contributed by atoms with van der Waals surface area (Å²) in [6.45, 7) is 0.369. The molecule has 2 unspecified atom stereocenters. The van der Waals surface area contributed by atoms with Crippen molar-refractivity contribution in [1.29, 1.82) is 0 Å². The van der Waals surface area contributed by atoms with Crippen LogP contribution in [0.3, 0.4) is 0 Å². The van der Waals surface area contributed by atoms with Crippen LogP contribution in [0.4, 0.5) is 13.2 Å². The summed E-state index contributed by atoms with van der Waals surface area (Å²) in [5.41, 5.74) is 5.38. The van der Waals surface area contributed by atoms with Crippen LogP contribution in [0, 0.1) is 11.8 Å². The Labute approximate surface area is 117 Å². The maximum Gasteiger partial charge on any atom is 0.391 e. The molecule has 20 heavy (non-hydrogen) atoms. The average molecular weight is 292 g/mol. The molecule has 0 radical (unpaired) electrons. The highest BCUT2D eigenvalue weighted by atomic mass is 19.4. The number of alkyl halides is 3. The smallest absolute Gasteiger partial charge is 0.349 e. The maximum atomic E-state index is 12.8. The van der Waals surface area contributed by atoms with Crippen LogP contribution in [0.5, 0.6) is 0 Å². The minimum atomic E-state index is -4.18. The number of halogens is 3. The van der Waals surface area contributed by atoms with Gasteiger partial charge in [0, 0.05) is 12.5 Å². The molecular weight excluding hydrogens is 269 g/mol. The van der Waals surface area contributed by atoms with Crippen molar-refractivity contribution < 1.29 is 18.0 Å². The second-order valence-corrected chi connectivity index (χ2v) is 6.28. The highest BCUT2D eigenvalue weighted by molar-refractivity contribution is 5.79. The van der Waals surface area contributed by atoms with E-state index in [9.17, 15) is 18.0 Å². The van der Waals surface area contributed by atoms with E-state index in [1.165, 1.54) is 0 Å². The van der Waals surface area contributed by atoms with Crippen molar-refractivity contribution in [3.05, 3.63) is 0 Å². The topological polar surface area (TPSA) is 55.1 Å². The molecule has 6 heteroatoms. The van der Waals surface area contributed by atoms with Gasteiger partial charge in [0.2, 0.25) is 5.91 Å². The Balaban J connectivity index is 1.95. The molecule has 2 fully saturated rings. The quantitative estimate of drug-likeness (QED) is 0.840. The Morgan fingerprint density at radius 2 is 1.85 bits per heavy atom. The average Bonchev–Trinajstić information content (AvgIpc) is 2.87. The Hall–Kier alpha value is -0.780. The number of rotatable bonds is 3. The first-order chi connectivity index (χ1) is 9.36. The monoisotopic (exact) mass is 292 g/mol. The van der Waals surface area contributed by atoms with Gasteiger partial charge in [0.15, 0.2) is 0 Å². The van der Waals surface area contributed by atoms with Crippen LogP contribution in [-0.2, 0) is 4.79 Å². The normalized spacial score (nSPS) is 30.2. The number of nitrogens with two attached hydrogens (primary N) is 1. The second kappa shape index (κ2) is 5.92. The minimum absolute atomic E-state index is 0.0734. The van der Waals surface area contributed by atoms with Crippen LogP contribution < -0.4 is 11.1 Å².